The van der Waals surface area contributed by atoms with Gasteiger partial charge in [0, 0.05) is 44.1 Å². The number of carbonyl (C=O) groups excluding carboxylic acids is 2. The molecule has 7 heteroatoms. The van der Waals surface area contributed by atoms with Gasteiger partial charge < -0.3 is 15.1 Å². The fraction of sp³-hybridized carbons (Fsp3) is 0.304. The highest BCUT2D eigenvalue weighted by atomic mass is 19.1. The number of halogens is 1. The molecule has 2 aliphatic heterocycles. The first-order valence-electron chi connectivity index (χ1n) is 10.1. The second-order valence-electron chi connectivity index (χ2n) is 7.57. The summed E-state index contributed by atoms with van der Waals surface area (Å²) in [5.74, 6) is -1.13. The van der Waals surface area contributed by atoms with Gasteiger partial charge in [0.05, 0.1) is 5.57 Å². The van der Waals surface area contributed by atoms with Crippen LogP contribution in [0.25, 0.3) is 5.57 Å². The average molecular weight is 408 g/mol. The summed E-state index contributed by atoms with van der Waals surface area (Å²) < 4.78 is 13.3. The minimum atomic E-state index is -0.391. The van der Waals surface area contributed by atoms with Crippen LogP contribution in [0.1, 0.15) is 12.5 Å². The largest absolute Gasteiger partial charge is 0.369 e. The van der Waals surface area contributed by atoms with E-state index >= 15 is 0 Å². The first-order valence-corrected chi connectivity index (χ1v) is 10.1. The van der Waals surface area contributed by atoms with Gasteiger partial charge in [0.15, 0.2) is 0 Å². The van der Waals surface area contributed by atoms with Crippen LogP contribution in [-0.2, 0) is 9.59 Å². The zero-order valence-corrected chi connectivity index (χ0v) is 17.2. The van der Waals surface area contributed by atoms with Gasteiger partial charge in [-0.2, -0.15) is 0 Å². The van der Waals surface area contributed by atoms with E-state index in [0.29, 0.717) is 5.56 Å². The molecule has 1 fully saturated rings. The van der Waals surface area contributed by atoms with Gasteiger partial charge in [0.2, 0.25) is 0 Å². The molecule has 30 heavy (non-hydrogen) atoms. The van der Waals surface area contributed by atoms with Crippen molar-refractivity contribution in [1.29, 1.82) is 0 Å². The van der Waals surface area contributed by atoms with Crippen molar-refractivity contribution in [3.63, 3.8) is 0 Å². The van der Waals surface area contributed by atoms with Crippen molar-refractivity contribution < 1.29 is 14.0 Å². The van der Waals surface area contributed by atoms with E-state index in [2.05, 4.69) is 22.2 Å². The second kappa shape index (κ2) is 8.28. The lowest BCUT2D eigenvalue weighted by Gasteiger charge is -2.34. The third-order valence-corrected chi connectivity index (χ3v) is 5.62. The fourth-order valence-corrected chi connectivity index (χ4v) is 3.83. The molecule has 1 N–H and O–H groups in total. The number of piperazine rings is 1. The maximum Gasteiger partial charge on any atom is 0.278 e. The van der Waals surface area contributed by atoms with Crippen molar-refractivity contribution in [2.24, 2.45) is 0 Å². The Kier molecular flexibility index (Phi) is 5.55. The number of amides is 2. The summed E-state index contributed by atoms with van der Waals surface area (Å²) in [4.78, 5) is 31.5. The molecule has 0 spiro atoms. The number of carbonyl (C=O) groups is 2. The topological polar surface area (TPSA) is 55.9 Å². The van der Waals surface area contributed by atoms with E-state index in [1.807, 2.05) is 24.3 Å². The Bertz CT molecular complexity index is 977. The van der Waals surface area contributed by atoms with Crippen molar-refractivity contribution in [3.05, 3.63) is 65.6 Å². The molecular formula is C23H25FN4O2. The molecule has 0 aliphatic carbocycles. The summed E-state index contributed by atoms with van der Waals surface area (Å²) in [5, 5.41) is 3.13. The zero-order chi connectivity index (χ0) is 21.3. The number of rotatable bonds is 5. The van der Waals surface area contributed by atoms with Crippen LogP contribution in [0.2, 0.25) is 0 Å². The molecule has 1 saturated heterocycles. The van der Waals surface area contributed by atoms with Crippen molar-refractivity contribution >= 4 is 28.8 Å². The van der Waals surface area contributed by atoms with Crippen molar-refractivity contribution in [2.45, 2.75) is 6.92 Å². The highest BCUT2D eigenvalue weighted by molar-refractivity contribution is 6.36. The number of nitrogens with one attached hydrogen (secondary N) is 1. The predicted octanol–water partition coefficient (Wildman–Crippen LogP) is 2.79. The van der Waals surface area contributed by atoms with E-state index < -0.39 is 5.82 Å². The first kappa shape index (κ1) is 20.1. The van der Waals surface area contributed by atoms with Crippen LogP contribution >= 0.6 is 0 Å². The molecule has 2 amide bonds. The van der Waals surface area contributed by atoms with E-state index in [-0.39, 0.29) is 29.6 Å². The molecule has 2 aliphatic rings. The Hall–Kier alpha value is -3.19. The lowest BCUT2D eigenvalue weighted by molar-refractivity contribution is -0.136. The number of hydrogen-bond donors (Lipinski definition) is 1. The Morgan fingerprint density at radius 2 is 1.53 bits per heavy atom. The lowest BCUT2D eigenvalue weighted by Crippen LogP contribution is -2.44. The van der Waals surface area contributed by atoms with Gasteiger partial charge >= 0.3 is 0 Å². The smallest absolute Gasteiger partial charge is 0.278 e. The van der Waals surface area contributed by atoms with Crippen LogP contribution in [0.15, 0.2) is 54.2 Å². The number of benzene rings is 2. The van der Waals surface area contributed by atoms with Crippen LogP contribution < -0.4 is 10.2 Å². The van der Waals surface area contributed by atoms with E-state index in [1.165, 1.54) is 29.2 Å². The van der Waals surface area contributed by atoms with E-state index in [9.17, 15) is 14.0 Å². The molecule has 0 aromatic heterocycles. The zero-order valence-electron chi connectivity index (χ0n) is 17.2. The summed E-state index contributed by atoms with van der Waals surface area (Å²) in [5.41, 5.74) is 2.86. The maximum atomic E-state index is 13.3. The van der Waals surface area contributed by atoms with Gasteiger partial charge in [-0.05, 0) is 55.9 Å². The number of nitrogens with zero attached hydrogens (tertiary/aromatic N) is 3. The normalized spacial score (nSPS) is 17.8. The molecule has 0 radical (unpaired) electrons. The standard InChI is InChI=1S/C23H25FN4O2/c1-3-28-22(29)20(16-4-6-17(24)7-5-16)21(23(28)30)25-18-8-10-19(11-9-18)27-14-12-26(2)13-15-27/h4-11,25H,3,12-15H2,1-2H3. The highest BCUT2D eigenvalue weighted by Gasteiger charge is 2.38. The molecule has 2 heterocycles. The summed E-state index contributed by atoms with van der Waals surface area (Å²) in [6, 6.07) is 13.5. The minimum Gasteiger partial charge on any atom is -0.369 e. The molecule has 156 valence electrons. The van der Waals surface area contributed by atoms with Crippen molar-refractivity contribution in [3.8, 4) is 0 Å². The summed E-state index contributed by atoms with van der Waals surface area (Å²) in [7, 11) is 2.12. The molecule has 2 aromatic carbocycles. The molecule has 0 saturated carbocycles. The van der Waals surface area contributed by atoms with Gasteiger partial charge in [-0.15, -0.1) is 0 Å². The number of likely N-dealkylation sites (N-methyl/N-ethyl adjacent to an activating group) is 2. The van der Waals surface area contributed by atoms with Crippen molar-refractivity contribution in [1.82, 2.24) is 9.80 Å². The quantitative estimate of drug-likeness (QED) is 0.771. The predicted molar refractivity (Wildman–Crippen MR) is 115 cm³/mol. The van der Waals surface area contributed by atoms with Gasteiger partial charge in [-0.1, -0.05) is 12.1 Å². The fourth-order valence-electron chi connectivity index (χ4n) is 3.83. The summed E-state index contributed by atoms with van der Waals surface area (Å²) >= 11 is 0. The Morgan fingerprint density at radius 3 is 2.13 bits per heavy atom. The van der Waals surface area contributed by atoms with Gasteiger partial charge in [-0.25, -0.2) is 4.39 Å². The minimum absolute atomic E-state index is 0.223. The molecule has 4 rings (SSSR count). The Labute approximate surface area is 175 Å². The Balaban J connectivity index is 1.61. The highest BCUT2D eigenvalue weighted by Crippen LogP contribution is 2.31. The third kappa shape index (κ3) is 3.80. The van der Waals surface area contributed by atoms with E-state index in [4.69, 9.17) is 0 Å². The summed E-state index contributed by atoms with van der Waals surface area (Å²) in [6.07, 6.45) is 0. The van der Waals surface area contributed by atoms with Gasteiger partial charge in [0.1, 0.15) is 11.5 Å². The van der Waals surface area contributed by atoms with Crippen LogP contribution in [0.4, 0.5) is 15.8 Å². The van der Waals surface area contributed by atoms with E-state index in [0.717, 1.165) is 37.6 Å². The number of hydrogen-bond acceptors (Lipinski definition) is 5. The van der Waals surface area contributed by atoms with Crippen LogP contribution in [0.5, 0.6) is 0 Å². The average Bonchev–Trinajstić information content (AvgIpc) is 2.99. The molecule has 2 aromatic rings. The second-order valence-corrected chi connectivity index (χ2v) is 7.57. The van der Waals surface area contributed by atoms with Gasteiger partial charge in [0.25, 0.3) is 11.8 Å². The molecule has 6 nitrogen and oxygen atoms in total. The number of anilines is 2. The van der Waals surface area contributed by atoms with Gasteiger partial charge in [-0.3, -0.25) is 14.5 Å². The lowest BCUT2D eigenvalue weighted by atomic mass is 10.0. The van der Waals surface area contributed by atoms with Crippen molar-refractivity contribution in [2.75, 3.05) is 50.0 Å². The molecule has 0 bridgehead atoms. The third-order valence-electron chi connectivity index (χ3n) is 5.62. The SMILES string of the molecule is CCN1C(=O)C(Nc2ccc(N3CCN(C)CC3)cc2)=C(c2ccc(F)cc2)C1=O. The molecule has 0 unspecified atom stereocenters. The Morgan fingerprint density at radius 1 is 0.900 bits per heavy atom. The maximum absolute atomic E-state index is 13.3. The van der Waals surface area contributed by atoms with Crippen LogP contribution in [0.3, 0.4) is 0 Å². The van der Waals surface area contributed by atoms with Crippen LogP contribution in [0, 0.1) is 5.82 Å². The van der Waals surface area contributed by atoms with E-state index in [1.54, 1.807) is 6.92 Å². The summed E-state index contributed by atoms with van der Waals surface area (Å²) in [6.45, 7) is 6.03. The number of imide groups is 1. The monoisotopic (exact) mass is 408 g/mol. The molecule has 0 atom stereocenters. The molecular weight excluding hydrogens is 383 g/mol. The van der Waals surface area contributed by atoms with Crippen LogP contribution in [-0.4, -0.2) is 61.4 Å². The first-order chi connectivity index (χ1) is 14.5.